The molecule has 0 fully saturated rings. The molecule has 1 aliphatic carbocycles. The molecule has 0 radical (unpaired) electrons. The van der Waals surface area contributed by atoms with Crippen molar-refractivity contribution in [2.45, 2.75) is 65.3 Å². The van der Waals surface area contributed by atoms with E-state index in [2.05, 4.69) is 50.8 Å². The van der Waals surface area contributed by atoms with Gasteiger partial charge in [-0.3, -0.25) is 9.69 Å². The van der Waals surface area contributed by atoms with Crippen molar-refractivity contribution in [1.82, 2.24) is 4.90 Å². The smallest absolute Gasteiger partial charge is 0.157 e. The Balaban J connectivity index is 2.16. The summed E-state index contributed by atoms with van der Waals surface area (Å²) in [7, 11) is 0. The summed E-state index contributed by atoms with van der Waals surface area (Å²) in [6, 6.07) is 6.64. The lowest BCUT2D eigenvalue weighted by Crippen LogP contribution is -2.52. The van der Waals surface area contributed by atoms with E-state index in [0.29, 0.717) is 12.2 Å². The van der Waals surface area contributed by atoms with Crippen LogP contribution in [0.25, 0.3) is 0 Å². The summed E-state index contributed by atoms with van der Waals surface area (Å²) in [6.07, 6.45) is 5.08. The lowest BCUT2D eigenvalue weighted by atomic mass is 9.86. The highest BCUT2D eigenvalue weighted by molar-refractivity contribution is 5.89. The van der Waals surface area contributed by atoms with Crippen molar-refractivity contribution in [2.75, 3.05) is 13.1 Å². The lowest BCUT2D eigenvalue weighted by molar-refractivity contribution is -0.129. The van der Waals surface area contributed by atoms with Crippen LogP contribution in [0.3, 0.4) is 0 Å². The number of ketones is 1. The summed E-state index contributed by atoms with van der Waals surface area (Å²) >= 11 is 0. The first-order chi connectivity index (χ1) is 10.0. The molecule has 0 N–H and O–H groups in total. The van der Waals surface area contributed by atoms with Gasteiger partial charge >= 0.3 is 0 Å². The van der Waals surface area contributed by atoms with Crippen LogP contribution >= 0.6 is 0 Å². The predicted molar refractivity (Wildman–Crippen MR) is 88.8 cm³/mol. The van der Waals surface area contributed by atoms with Gasteiger partial charge in [0.05, 0.1) is 5.54 Å². The quantitative estimate of drug-likeness (QED) is 0.760. The summed E-state index contributed by atoms with van der Waals surface area (Å²) in [6.45, 7) is 10.4. The first-order valence-electron chi connectivity index (χ1n) is 8.44. The van der Waals surface area contributed by atoms with Crippen LogP contribution in [0.5, 0.6) is 0 Å². The highest BCUT2D eigenvalue weighted by Crippen LogP contribution is 2.26. The van der Waals surface area contributed by atoms with E-state index in [1.54, 1.807) is 0 Å². The molecule has 2 rings (SSSR count). The Labute approximate surface area is 129 Å². The fourth-order valence-corrected chi connectivity index (χ4v) is 3.63. The molecule has 2 heteroatoms. The number of carbonyl (C=O) groups excluding carboxylic acids is 1. The molecule has 0 saturated carbocycles. The average Bonchev–Trinajstić information content (AvgIpc) is 2.95. The van der Waals surface area contributed by atoms with E-state index in [9.17, 15) is 4.79 Å². The third-order valence-electron chi connectivity index (χ3n) is 5.28. The molecule has 1 aromatic carbocycles. The van der Waals surface area contributed by atoms with E-state index in [1.165, 1.54) is 36.0 Å². The number of hydrogen-bond donors (Lipinski definition) is 0. The topological polar surface area (TPSA) is 20.3 Å². The molecule has 0 aromatic heterocycles. The summed E-state index contributed by atoms with van der Waals surface area (Å²) < 4.78 is 0. The van der Waals surface area contributed by atoms with Crippen molar-refractivity contribution in [2.24, 2.45) is 0 Å². The van der Waals surface area contributed by atoms with Crippen LogP contribution in [-0.4, -0.2) is 29.3 Å². The van der Waals surface area contributed by atoms with Crippen LogP contribution in [0.15, 0.2) is 18.2 Å². The Hall–Kier alpha value is -1.15. The molecular weight excluding hydrogens is 258 g/mol. The molecular formula is C19H29NO. The minimum atomic E-state index is -0.331. The average molecular weight is 287 g/mol. The summed E-state index contributed by atoms with van der Waals surface area (Å²) in [4.78, 5) is 15.2. The summed E-state index contributed by atoms with van der Waals surface area (Å²) in [5.41, 5.74) is 3.80. The second-order valence-electron chi connectivity index (χ2n) is 6.36. The van der Waals surface area contributed by atoms with Gasteiger partial charge in [0.15, 0.2) is 5.78 Å². The number of aryl methyl sites for hydroxylation is 2. The lowest BCUT2D eigenvalue weighted by Gasteiger charge is -2.38. The first-order valence-corrected chi connectivity index (χ1v) is 8.44. The molecule has 0 aliphatic heterocycles. The van der Waals surface area contributed by atoms with Crippen molar-refractivity contribution in [3.63, 3.8) is 0 Å². The Morgan fingerprint density at radius 2 is 1.81 bits per heavy atom. The highest BCUT2D eigenvalue weighted by Gasteiger charge is 2.35. The van der Waals surface area contributed by atoms with Gasteiger partial charge in [0, 0.05) is 6.42 Å². The first kappa shape index (κ1) is 16.2. The standard InChI is InChI=1S/C19H29NO/c1-5-19(4,20(6-2)7-3)18(21)14-15-11-12-16-9-8-10-17(16)13-15/h11-13H,5-10,14H2,1-4H3. The van der Waals surface area contributed by atoms with Crippen molar-refractivity contribution < 1.29 is 4.79 Å². The van der Waals surface area contributed by atoms with Crippen molar-refractivity contribution in [3.05, 3.63) is 34.9 Å². The van der Waals surface area contributed by atoms with Gasteiger partial charge in [0.1, 0.15) is 0 Å². The second kappa shape index (κ2) is 6.74. The molecule has 1 atom stereocenters. The molecule has 0 heterocycles. The van der Waals surface area contributed by atoms with Crippen molar-refractivity contribution >= 4 is 5.78 Å². The minimum absolute atomic E-state index is 0.331. The molecule has 0 saturated heterocycles. The number of nitrogens with zero attached hydrogens (tertiary/aromatic N) is 1. The van der Waals surface area contributed by atoms with E-state index in [1.807, 2.05) is 0 Å². The van der Waals surface area contributed by atoms with Gasteiger partial charge in [-0.2, -0.15) is 0 Å². The number of likely N-dealkylation sites (N-methyl/N-ethyl adjacent to an activating group) is 1. The SMILES string of the molecule is CCN(CC)C(C)(CC)C(=O)Cc1ccc2c(c1)CCC2. The zero-order chi connectivity index (χ0) is 15.5. The number of hydrogen-bond acceptors (Lipinski definition) is 2. The normalized spacial score (nSPS) is 16.8. The monoisotopic (exact) mass is 287 g/mol. The summed E-state index contributed by atoms with van der Waals surface area (Å²) in [5, 5.41) is 0. The maximum Gasteiger partial charge on any atom is 0.157 e. The molecule has 0 spiro atoms. The Bertz CT molecular complexity index is 504. The number of carbonyl (C=O) groups is 1. The van der Waals surface area contributed by atoms with Crippen molar-refractivity contribution in [1.29, 1.82) is 0 Å². The van der Waals surface area contributed by atoms with Gasteiger partial charge < -0.3 is 0 Å². The van der Waals surface area contributed by atoms with Gasteiger partial charge in [-0.15, -0.1) is 0 Å². The molecule has 1 aliphatic rings. The van der Waals surface area contributed by atoms with E-state index in [0.717, 1.165) is 19.5 Å². The van der Waals surface area contributed by atoms with Gasteiger partial charge in [0.25, 0.3) is 0 Å². The fourth-order valence-electron chi connectivity index (χ4n) is 3.63. The van der Waals surface area contributed by atoms with Crippen LogP contribution in [0.2, 0.25) is 0 Å². The van der Waals surface area contributed by atoms with E-state index < -0.39 is 0 Å². The molecule has 0 bridgehead atoms. The van der Waals surface area contributed by atoms with Crippen LogP contribution in [0.4, 0.5) is 0 Å². The van der Waals surface area contributed by atoms with E-state index in [4.69, 9.17) is 0 Å². The van der Waals surface area contributed by atoms with Gasteiger partial charge in [0.2, 0.25) is 0 Å². The van der Waals surface area contributed by atoms with Crippen LogP contribution in [0, 0.1) is 0 Å². The van der Waals surface area contributed by atoms with Gasteiger partial charge in [-0.05, 0) is 62.4 Å². The van der Waals surface area contributed by atoms with Crippen LogP contribution in [0.1, 0.15) is 57.2 Å². The van der Waals surface area contributed by atoms with Crippen molar-refractivity contribution in [3.8, 4) is 0 Å². The Morgan fingerprint density at radius 1 is 1.14 bits per heavy atom. The molecule has 1 unspecified atom stereocenters. The maximum absolute atomic E-state index is 12.9. The molecule has 2 nitrogen and oxygen atoms in total. The largest absolute Gasteiger partial charge is 0.297 e. The fraction of sp³-hybridized carbons (Fsp3) is 0.632. The number of benzene rings is 1. The molecule has 1 aromatic rings. The number of rotatable bonds is 7. The molecule has 21 heavy (non-hydrogen) atoms. The summed E-state index contributed by atoms with van der Waals surface area (Å²) in [5.74, 6) is 0.353. The van der Waals surface area contributed by atoms with E-state index in [-0.39, 0.29) is 5.54 Å². The zero-order valence-electron chi connectivity index (χ0n) is 14.0. The van der Waals surface area contributed by atoms with Crippen LogP contribution < -0.4 is 0 Å². The number of fused-ring (bicyclic) bond motifs is 1. The van der Waals surface area contributed by atoms with Gasteiger partial charge in [-0.25, -0.2) is 0 Å². The second-order valence-corrected chi connectivity index (χ2v) is 6.36. The van der Waals surface area contributed by atoms with Crippen LogP contribution in [-0.2, 0) is 24.1 Å². The molecule has 0 amide bonds. The number of Topliss-reactive ketones (excluding diaryl/α,β-unsaturated/α-hetero) is 1. The Morgan fingerprint density at radius 3 is 2.43 bits per heavy atom. The molecule has 116 valence electrons. The highest BCUT2D eigenvalue weighted by atomic mass is 16.1. The predicted octanol–water partition coefficient (Wildman–Crippen LogP) is 3.80. The maximum atomic E-state index is 12.9. The third-order valence-corrected chi connectivity index (χ3v) is 5.28. The zero-order valence-corrected chi connectivity index (χ0v) is 14.0. The minimum Gasteiger partial charge on any atom is -0.297 e. The van der Waals surface area contributed by atoms with Gasteiger partial charge in [-0.1, -0.05) is 39.0 Å². The Kier molecular flexibility index (Phi) is 5.21. The third kappa shape index (κ3) is 3.21. The van der Waals surface area contributed by atoms with E-state index >= 15 is 0 Å².